The van der Waals surface area contributed by atoms with Gasteiger partial charge in [0, 0.05) is 25.8 Å². The zero-order valence-electron chi connectivity index (χ0n) is 4.41. The maximum Gasteiger partial charge on any atom is 0 e. The molecule has 0 N–H and O–H groups in total. The third-order valence-corrected chi connectivity index (χ3v) is 0.604. The van der Waals surface area contributed by atoms with E-state index in [0.29, 0.717) is 0 Å². The van der Waals surface area contributed by atoms with Crippen LogP contribution in [-0.4, -0.2) is 0 Å². The van der Waals surface area contributed by atoms with Gasteiger partial charge >= 0.3 is 0 Å². The van der Waals surface area contributed by atoms with Gasteiger partial charge in [0.15, 0.2) is 0 Å². The third-order valence-electron chi connectivity index (χ3n) is 0.604. The normalized spacial score (nSPS) is 7.00. The van der Waals surface area contributed by atoms with E-state index in [2.05, 4.69) is 13.8 Å². The van der Waals surface area contributed by atoms with Crippen molar-refractivity contribution in [2.45, 2.75) is 26.2 Å². The summed E-state index contributed by atoms with van der Waals surface area (Å²) in [5.74, 6) is 0. The fraction of sp³-hybridized carbons (Fsp3) is 0.800. The predicted molar refractivity (Wildman–Crippen MR) is 24.9 cm³/mol. The summed E-state index contributed by atoms with van der Waals surface area (Å²) >= 11 is 0. The number of unbranched alkanes of at least 4 members (excludes halogenated alkanes) is 2. The van der Waals surface area contributed by atoms with Crippen molar-refractivity contribution in [1.82, 2.24) is 0 Å². The molecule has 1 radical (unpaired) electrons. The zero-order chi connectivity index (χ0) is 4.12. The van der Waals surface area contributed by atoms with E-state index in [4.69, 9.17) is 0 Å². The largest absolute Gasteiger partial charge is 0.343 e. The molecule has 0 aliphatic rings. The smallest absolute Gasteiger partial charge is 0 e. The van der Waals surface area contributed by atoms with E-state index in [1.54, 1.807) is 0 Å². The molecule has 0 aromatic carbocycles. The Balaban J connectivity index is 0. The van der Waals surface area contributed by atoms with Gasteiger partial charge in [0.05, 0.1) is 0 Å². The van der Waals surface area contributed by atoms with Crippen molar-refractivity contribution in [3.8, 4) is 0 Å². The molecule has 0 amide bonds. The topological polar surface area (TPSA) is 0 Å². The quantitative estimate of drug-likeness (QED) is 0.484. The molecule has 0 aromatic heterocycles. The maximum atomic E-state index is 3.68. The van der Waals surface area contributed by atoms with Crippen molar-refractivity contribution in [3.05, 3.63) is 6.92 Å². The average Bonchev–Trinajstić information content (AvgIpc) is 1.41. The molecule has 0 unspecified atom stereocenters. The van der Waals surface area contributed by atoms with Gasteiger partial charge in [-0.2, -0.15) is 6.42 Å². The molecule has 0 aliphatic heterocycles. The van der Waals surface area contributed by atoms with Crippen LogP contribution in [0.15, 0.2) is 0 Å². The Kier molecular flexibility index (Phi) is 15.5. The van der Waals surface area contributed by atoms with Gasteiger partial charge in [-0.3, -0.25) is 0 Å². The van der Waals surface area contributed by atoms with Gasteiger partial charge in [-0.15, -0.1) is 0 Å². The zero-order valence-corrected chi connectivity index (χ0v) is 6.21. The second-order valence-corrected chi connectivity index (χ2v) is 1.21. The van der Waals surface area contributed by atoms with Crippen molar-refractivity contribution in [3.63, 3.8) is 0 Å². The van der Waals surface area contributed by atoms with Crippen LogP contribution in [0.3, 0.4) is 0 Å². The Morgan fingerprint density at radius 2 is 2.00 bits per heavy atom. The first-order chi connectivity index (χ1) is 2.41. The second kappa shape index (κ2) is 9.30. The Labute approximate surface area is 59.1 Å². The van der Waals surface area contributed by atoms with E-state index in [0.717, 1.165) is 6.42 Å². The van der Waals surface area contributed by atoms with Gasteiger partial charge in [-0.25, -0.2) is 0 Å². The van der Waals surface area contributed by atoms with Crippen LogP contribution in [0.2, 0.25) is 0 Å². The van der Waals surface area contributed by atoms with E-state index in [9.17, 15) is 0 Å². The van der Waals surface area contributed by atoms with Crippen LogP contribution >= 0.6 is 0 Å². The fourth-order valence-electron chi connectivity index (χ4n) is 0.250. The average molecular weight is 116 g/mol. The summed E-state index contributed by atoms with van der Waals surface area (Å²) < 4.78 is 0. The van der Waals surface area contributed by atoms with Crippen molar-refractivity contribution < 1.29 is 25.8 Å². The maximum absolute atomic E-state index is 3.68. The molecule has 0 rings (SSSR count). The van der Waals surface area contributed by atoms with Gasteiger partial charge in [0.2, 0.25) is 0 Å². The van der Waals surface area contributed by atoms with Crippen LogP contribution in [0.25, 0.3) is 0 Å². The third kappa shape index (κ3) is 8.85. The molecule has 0 saturated heterocycles. The molecule has 0 spiro atoms. The minimum atomic E-state index is 0. The summed E-state index contributed by atoms with van der Waals surface area (Å²) in [6.07, 6.45) is 3.65. The van der Waals surface area contributed by atoms with E-state index < -0.39 is 0 Å². The van der Waals surface area contributed by atoms with E-state index >= 15 is 0 Å². The van der Waals surface area contributed by atoms with Crippen LogP contribution in [0, 0.1) is 6.92 Å². The molecule has 0 aliphatic carbocycles. The number of rotatable bonds is 2. The van der Waals surface area contributed by atoms with Crippen LogP contribution in [0.1, 0.15) is 26.2 Å². The summed E-state index contributed by atoms with van der Waals surface area (Å²) in [7, 11) is 0. The monoisotopic (exact) mass is 116 g/mol. The minimum Gasteiger partial charge on any atom is -0.343 e. The van der Waals surface area contributed by atoms with E-state index in [1.165, 1.54) is 12.8 Å². The van der Waals surface area contributed by atoms with Crippen molar-refractivity contribution in [1.29, 1.82) is 0 Å². The summed E-state index contributed by atoms with van der Waals surface area (Å²) in [6, 6.07) is 0. The molecular formula is C5H11Sc-. The first kappa shape index (κ1) is 9.98. The first-order valence-electron chi connectivity index (χ1n) is 2.21. The fourth-order valence-corrected chi connectivity index (χ4v) is 0.250. The molecular weight excluding hydrogens is 105 g/mol. The number of hydrogen-bond donors (Lipinski definition) is 0. The van der Waals surface area contributed by atoms with Crippen LogP contribution in [0.5, 0.6) is 0 Å². The minimum absolute atomic E-state index is 0. The standard InChI is InChI=1S/C5H11.Sc/c1-3-5-4-2;/h1,3-5H2,2H3;/q-1;. The molecule has 0 saturated carbocycles. The summed E-state index contributed by atoms with van der Waals surface area (Å²) in [4.78, 5) is 0. The first-order valence-corrected chi connectivity index (χ1v) is 2.21. The predicted octanol–water partition coefficient (Wildman–Crippen LogP) is 2.01. The molecule has 0 nitrogen and oxygen atoms in total. The molecule has 35 valence electrons. The molecule has 0 heterocycles. The van der Waals surface area contributed by atoms with Gasteiger partial charge in [0.1, 0.15) is 0 Å². The SMILES string of the molecule is [CH2-]CCCC.[Sc]. The van der Waals surface area contributed by atoms with Gasteiger partial charge < -0.3 is 6.92 Å². The van der Waals surface area contributed by atoms with Gasteiger partial charge in [-0.05, 0) is 0 Å². The van der Waals surface area contributed by atoms with E-state index in [-0.39, 0.29) is 25.8 Å². The molecule has 0 aromatic rings. The second-order valence-electron chi connectivity index (χ2n) is 1.21. The van der Waals surface area contributed by atoms with Crippen LogP contribution in [-0.2, 0) is 25.8 Å². The molecule has 1 heteroatoms. The summed E-state index contributed by atoms with van der Waals surface area (Å²) in [6.45, 7) is 5.85. The van der Waals surface area contributed by atoms with E-state index in [1.807, 2.05) is 0 Å². The van der Waals surface area contributed by atoms with Crippen molar-refractivity contribution in [2.75, 3.05) is 0 Å². The van der Waals surface area contributed by atoms with Gasteiger partial charge in [0.25, 0.3) is 0 Å². The Bertz CT molecular complexity index is 11.4. The summed E-state index contributed by atoms with van der Waals surface area (Å²) in [5, 5.41) is 0. The molecule has 0 bridgehead atoms. The van der Waals surface area contributed by atoms with Gasteiger partial charge in [-0.1, -0.05) is 19.8 Å². The molecule has 0 atom stereocenters. The molecule has 6 heavy (non-hydrogen) atoms. The van der Waals surface area contributed by atoms with Crippen molar-refractivity contribution >= 4 is 0 Å². The molecule has 0 fully saturated rings. The van der Waals surface area contributed by atoms with Crippen molar-refractivity contribution in [2.24, 2.45) is 0 Å². The van der Waals surface area contributed by atoms with Crippen LogP contribution in [0.4, 0.5) is 0 Å². The Hall–Kier alpha value is 0.870. The summed E-state index contributed by atoms with van der Waals surface area (Å²) in [5.41, 5.74) is 0. The Morgan fingerprint density at radius 1 is 1.50 bits per heavy atom. The Morgan fingerprint density at radius 3 is 2.00 bits per heavy atom. The number of hydrogen-bond acceptors (Lipinski definition) is 0. The van der Waals surface area contributed by atoms with Crippen LogP contribution < -0.4 is 0 Å².